The van der Waals surface area contributed by atoms with Gasteiger partial charge in [0.2, 0.25) is 0 Å². The predicted molar refractivity (Wildman–Crippen MR) is 78.5 cm³/mol. The van der Waals surface area contributed by atoms with Gasteiger partial charge in [-0.2, -0.15) is 0 Å². The van der Waals surface area contributed by atoms with Crippen molar-refractivity contribution in [2.45, 2.75) is 59.6 Å². The molecule has 1 aromatic rings. The van der Waals surface area contributed by atoms with Gasteiger partial charge in [0, 0.05) is 6.04 Å². The molecule has 0 aliphatic heterocycles. The molecule has 0 aliphatic rings. The third-order valence-corrected chi connectivity index (χ3v) is 3.42. The molecule has 0 aromatic heterocycles. The molecule has 1 rings (SSSR count). The number of ether oxygens (including phenoxy) is 1. The number of hydrogen-bond acceptors (Lipinski definition) is 2. The molecular weight excluding hydrogens is 238 g/mol. The highest BCUT2D eigenvalue weighted by Gasteiger charge is 2.19. The van der Waals surface area contributed by atoms with Gasteiger partial charge in [-0.15, -0.1) is 0 Å². The largest absolute Gasteiger partial charge is 0.481 e. The summed E-state index contributed by atoms with van der Waals surface area (Å²) in [7, 11) is 0. The van der Waals surface area contributed by atoms with Gasteiger partial charge in [-0.3, -0.25) is 4.79 Å². The van der Waals surface area contributed by atoms with E-state index in [1.807, 2.05) is 39.0 Å². The Morgan fingerprint density at radius 2 is 1.89 bits per heavy atom. The van der Waals surface area contributed by atoms with Gasteiger partial charge >= 0.3 is 0 Å². The summed E-state index contributed by atoms with van der Waals surface area (Å²) in [5.41, 5.74) is 2.40. The lowest BCUT2D eigenvalue weighted by atomic mass is 10.1. The first-order valence-corrected chi connectivity index (χ1v) is 7.02. The summed E-state index contributed by atoms with van der Waals surface area (Å²) in [5, 5.41) is 2.96. The number of benzene rings is 1. The van der Waals surface area contributed by atoms with Gasteiger partial charge in [0.25, 0.3) is 5.91 Å². The standard InChI is InChI=1S/C16H25NO2/c1-6-13(5)17-16(18)15(7-2)19-14-9-8-11(3)12(4)10-14/h8-10,13,15H,6-7H2,1-5H3,(H,17,18)/t13-,15+/m0/s1. The van der Waals surface area contributed by atoms with Gasteiger partial charge in [0.05, 0.1) is 0 Å². The lowest BCUT2D eigenvalue weighted by Crippen LogP contribution is -2.42. The van der Waals surface area contributed by atoms with E-state index in [-0.39, 0.29) is 11.9 Å². The molecule has 1 amide bonds. The number of carbonyl (C=O) groups excluding carboxylic acids is 1. The van der Waals surface area contributed by atoms with E-state index >= 15 is 0 Å². The van der Waals surface area contributed by atoms with Crippen LogP contribution in [0.2, 0.25) is 0 Å². The molecule has 0 radical (unpaired) electrons. The fraction of sp³-hybridized carbons (Fsp3) is 0.562. The van der Waals surface area contributed by atoms with Gasteiger partial charge in [0.1, 0.15) is 5.75 Å². The fourth-order valence-corrected chi connectivity index (χ4v) is 1.71. The SMILES string of the molecule is CC[C@H](C)NC(=O)[C@@H](CC)Oc1ccc(C)c(C)c1. The smallest absolute Gasteiger partial charge is 0.261 e. The van der Waals surface area contributed by atoms with Crippen molar-refractivity contribution in [1.82, 2.24) is 5.32 Å². The Bertz CT molecular complexity index is 429. The number of carbonyl (C=O) groups is 1. The minimum atomic E-state index is -0.420. The molecule has 3 nitrogen and oxygen atoms in total. The maximum atomic E-state index is 12.1. The number of nitrogens with one attached hydrogen (secondary N) is 1. The van der Waals surface area contributed by atoms with Crippen molar-refractivity contribution in [3.05, 3.63) is 29.3 Å². The zero-order valence-corrected chi connectivity index (χ0v) is 12.6. The van der Waals surface area contributed by atoms with Crippen molar-refractivity contribution >= 4 is 5.91 Å². The quantitative estimate of drug-likeness (QED) is 0.854. The second-order valence-electron chi connectivity index (χ2n) is 5.08. The van der Waals surface area contributed by atoms with E-state index in [2.05, 4.69) is 19.2 Å². The molecule has 0 heterocycles. The molecule has 1 N–H and O–H groups in total. The summed E-state index contributed by atoms with van der Waals surface area (Å²) in [5.74, 6) is 0.726. The van der Waals surface area contributed by atoms with Crippen LogP contribution in [-0.2, 0) is 4.79 Å². The van der Waals surface area contributed by atoms with Crippen molar-refractivity contribution in [2.24, 2.45) is 0 Å². The minimum absolute atomic E-state index is 0.0323. The van der Waals surface area contributed by atoms with Gasteiger partial charge in [-0.25, -0.2) is 0 Å². The van der Waals surface area contributed by atoms with Crippen LogP contribution in [0.5, 0.6) is 5.75 Å². The van der Waals surface area contributed by atoms with E-state index in [0.29, 0.717) is 6.42 Å². The zero-order chi connectivity index (χ0) is 14.4. The maximum absolute atomic E-state index is 12.1. The monoisotopic (exact) mass is 263 g/mol. The van der Waals surface area contributed by atoms with Crippen molar-refractivity contribution in [1.29, 1.82) is 0 Å². The van der Waals surface area contributed by atoms with E-state index < -0.39 is 6.10 Å². The molecule has 19 heavy (non-hydrogen) atoms. The van der Waals surface area contributed by atoms with Crippen molar-refractivity contribution in [2.75, 3.05) is 0 Å². The van der Waals surface area contributed by atoms with E-state index in [0.717, 1.165) is 12.2 Å². The number of rotatable bonds is 6. The Hall–Kier alpha value is -1.51. The summed E-state index contributed by atoms with van der Waals surface area (Å²) >= 11 is 0. The van der Waals surface area contributed by atoms with Crippen molar-refractivity contribution in [3.63, 3.8) is 0 Å². The Kier molecular flexibility index (Phi) is 5.87. The van der Waals surface area contributed by atoms with Gasteiger partial charge in [0.15, 0.2) is 6.10 Å². The first-order chi connectivity index (χ1) is 8.97. The van der Waals surface area contributed by atoms with Gasteiger partial charge in [-0.05, 0) is 56.9 Å². The Balaban J connectivity index is 2.70. The highest BCUT2D eigenvalue weighted by molar-refractivity contribution is 5.81. The second-order valence-corrected chi connectivity index (χ2v) is 5.08. The lowest BCUT2D eigenvalue weighted by molar-refractivity contribution is -0.128. The molecular formula is C16H25NO2. The van der Waals surface area contributed by atoms with Gasteiger partial charge in [-0.1, -0.05) is 19.9 Å². The average molecular weight is 263 g/mol. The third kappa shape index (κ3) is 4.58. The molecule has 0 saturated carbocycles. The summed E-state index contributed by atoms with van der Waals surface area (Å²) < 4.78 is 5.79. The van der Waals surface area contributed by atoms with E-state index in [1.165, 1.54) is 11.1 Å². The molecule has 0 bridgehead atoms. The van der Waals surface area contributed by atoms with Crippen LogP contribution in [0, 0.1) is 13.8 Å². The molecule has 0 saturated heterocycles. The molecule has 106 valence electrons. The number of aryl methyl sites for hydroxylation is 2. The van der Waals surface area contributed by atoms with E-state index in [4.69, 9.17) is 4.74 Å². The third-order valence-electron chi connectivity index (χ3n) is 3.42. The molecule has 0 aliphatic carbocycles. The van der Waals surface area contributed by atoms with Crippen LogP contribution in [-0.4, -0.2) is 18.1 Å². The molecule has 1 aromatic carbocycles. The molecule has 0 spiro atoms. The summed E-state index contributed by atoms with van der Waals surface area (Å²) in [6, 6.07) is 6.10. The molecule has 0 fully saturated rings. The Morgan fingerprint density at radius 1 is 1.21 bits per heavy atom. The van der Waals surface area contributed by atoms with Crippen LogP contribution in [0.4, 0.5) is 0 Å². The second kappa shape index (κ2) is 7.17. The summed E-state index contributed by atoms with van der Waals surface area (Å²) in [6.07, 6.45) is 1.16. The molecule has 2 atom stereocenters. The van der Waals surface area contributed by atoms with Crippen molar-refractivity contribution < 1.29 is 9.53 Å². The summed E-state index contributed by atoms with van der Waals surface area (Å²) in [6.45, 7) is 10.1. The molecule has 3 heteroatoms. The van der Waals surface area contributed by atoms with E-state index in [1.54, 1.807) is 0 Å². The highest BCUT2D eigenvalue weighted by Crippen LogP contribution is 2.18. The van der Waals surface area contributed by atoms with Gasteiger partial charge < -0.3 is 10.1 Å². The van der Waals surface area contributed by atoms with Crippen LogP contribution in [0.25, 0.3) is 0 Å². The average Bonchev–Trinajstić information content (AvgIpc) is 2.39. The highest BCUT2D eigenvalue weighted by atomic mass is 16.5. The lowest BCUT2D eigenvalue weighted by Gasteiger charge is -2.20. The Morgan fingerprint density at radius 3 is 2.42 bits per heavy atom. The number of amides is 1. The van der Waals surface area contributed by atoms with Crippen molar-refractivity contribution in [3.8, 4) is 5.75 Å². The zero-order valence-electron chi connectivity index (χ0n) is 12.6. The number of hydrogen-bond donors (Lipinski definition) is 1. The predicted octanol–water partition coefficient (Wildman–Crippen LogP) is 3.38. The van der Waals surface area contributed by atoms with Crippen LogP contribution in [0.3, 0.4) is 0 Å². The maximum Gasteiger partial charge on any atom is 0.261 e. The molecule has 0 unspecified atom stereocenters. The summed E-state index contributed by atoms with van der Waals surface area (Å²) in [4.78, 5) is 12.1. The normalized spacial score (nSPS) is 13.7. The van der Waals surface area contributed by atoms with Crippen LogP contribution >= 0.6 is 0 Å². The first-order valence-electron chi connectivity index (χ1n) is 7.02. The van der Waals surface area contributed by atoms with Crippen LogP contribution in [0.1, 0.15) is 44.7 Å². The fourth-order valence-electron chi connectivity index (χ4n) is 1.71. The first kappa shape index (κ1) is 15.5. The van der Waals surface area contributed by atoms with Crippen LogP contribution < -0.4 is 10.1 Å². The van der Waals surface area contributed by atoms with Crippen LogP contribution in [0.15, 0.2) is 18.2 Å². The topological polar surface area (TPSA) is 38.3 Å². The Labute approximate surface area is 116 Å². The van der Waals surface area contributed by atoms with E-state index in [9.17, 15) is 4.79 Å². The minimum Gasteiger partial charge on any atom is -0.481 e.